The van der Waals surface area contributed by atoms with E-state index in [1.54, 1.807) is 6.08 Å². The van der Waals surface area contributed by atoms with Crippen molar-refractivity contribution in [2.45, 2.75) is 39.2 Å². The average molecular weight is 221 g/mol. The second-order valence-electron chi connectivity index (χ2n) is 4.71. The molecule has 0 unspecified atom stereocenters. The summed E-state index contributed by atoms with van der Waals surface area (Å²) in [5, 5.41) is 0. The number of likely N-dealkylation sites (tertiary alicyclic amines) is 1. The van der Waals surface area contributed by atoms with Crippen LogP contribution in [0.25, 0.3) is 0 Å². The number of esters is 1. The molecular formula is C13H19NO2. The summed E-state index contributed by atoms with van der Waals surface area (Å²) in [6.07, 6.45) is 6.99. The lowest BCUT2D eigenvalue weighted by Gasteiger charge is -2.23. The third kappa shape index (κ3) is 2.46. The average Bonchev–Trinajstić information content (AvgIpc) is 2.82. The molecule has 1 saturated heterocycles. The molecule has 0 saturated carbocycles. The van der Waals surface area contributed by atoms with Gasteiger partial charge in [-0.25, -0.2) is 4.79 Å². The molecule has 3 heteroatoms. The van der Waals surface area contributed by atoms with Gasteiger partial charge in [-0.3, -0.25) is 0 Å². The fraction of sp³-hybridized carbons (Fsp3) is 0.615. The third-order valence-electron chi connectivity index (χ3n) is 3.07. The molecule has 0 radical (unpaired) electrons. The van der Waals surface area contributed by atoms with Gasteiger partial charge in [-0.05, 0) is 26.7 Å². The zero-order valence-corrected chi connectivity index (χ0v) is 10.0. The first kappa shape index (κ1) is 11.2. The predicted octanol–water partition coefficient (Wildman–Crippen LogP) is 2.25. The van der Waals surface area contributed by atoms with Crippen molar-refractivity contribution in [1.29, 1.82) is 0 Å². The van der Waals surface area contributed by atoms with Gasteiger partial charge in [0.05, 0.1) is 5.70 Å². The summed E-state index contributed by atoms with van der Waals surface area (Å²) in [5.41, 5.74) is 2.35. The smallest absolute Gasteiger partial charge is 0.333 e. The van der Waals surface area contributed by atoms with Crippen LogP contribution < -0.4 is 0 Å². The number of carbonyl (C=O) groups excluding carboxylic acids is 1. The number of rotatable bonds is 3. The van der Waals surface area contributed by atoms with E-state index in [0.29, 0.717) is 0 Å². The Hall–Kier alpha value is -1.25. The lowest BCUT2D eigenvalue weighted by Crippen LogP contribution is -2.26. The van der Waals surface area contributed by atoms with E-state index in [-0.39, 0.29) is 12.1 Å². The van der Waals surface area contributed by atoms with Gasteiger partial charge < -0.3 is 9.64 Å². The highest BCUT2D eigenvalue weighted by Crippen LogP contribution is 2.26. The van der Waals surface area contributed by atoms with Crippen molar-refractivity contribution in [3.05, 3.63) is 23.4 Å². The maximum absolute atomic E-state index is 11.3. The SMILES string of the molecule is CC(C)=CC[C@H]1OC(=O)C=C1N1CCCC1. The van der Waals surface area contributed by atoms with Gasteiger partial charge in [0.25, 0.3) is 0 Å². The van der Waals surface area contributed by atoms with Crippen molar-refractivity contribution >= 4 is 5.97 Å². The molecule has 1 fully saturated rings. The standard InChI is InChI=1S/C13H19NO2/c1-10(2)5-6-12-11(9-13(15)16-12)14-7-3-4-8-14/h5,9,12H,3-4,6-8H2,1-2H3/t12-/m1/s1. The molecule has 2 aliphatic rings. The van der Waals surface area contributed by atoms with Crippen LogP contribution in [0.5, 0.6) is 0 Å². The van der Waals surface area contributed by atoms with Crippen LogP contribution >= 0.6 is 0 Å². The van der Waals surface area contributed by atoms with Crippen molar-refractivity contribution in [2.75, 3.05) is 13.1 Å². The van der Waals surface area contributed by atoms with Gasteiger partial charge in [-0.1, -0.05) is 11.6 Å². The first-order chi connectivity index (χ1) is 7.66. The molecule has 0 amide bonds. The summed E-state index contributed by atoms with van der Waals surface area (Å²) in [6.45, 7) is 6.26. The third-order valence-corrected chi connectivity index (χ3v) is 3.07. The minimum Gasteiger partial charge on any atom is -0.452 e. The molecule has 0 bridgehead atoms. The molecule has 0 aromatic rings. The molecule has 0 spiro atoms. The molecule has 3 nitrogen and oxygen atoms in total. The molecule has 1 atom stereocenters. The van der Waals surface area contributed by atoms with Gasteiger partial charge in [0.15, 0.2) is 0 Å². The molecule has 0 aromatic carbocycles. The number of nitrogens with zero attached hydrogens (tertiary/aromatic N) is 1. The quantitative estimate of drug-likeness (QED) is 0.541. The molecule has 88 valence electrons. The van der Waals surface area contributed by atoms with Crippen LogP contribution in [0.3, 0.4) is 0 Å². The van der Waals surface area contributed by atoms with E-state index in [2.05, 4.69) is 24.8 Å². The fourth-order valence-corrected chi connectivity index (χ4v) is 2.23. The Morgan fingerprint density at radius 2 is 2.19 bits per heavy atom. The Morgan fingerprint density at radius 3 is 2.81 bits per heavy atom. The zero-order valence-electron chi connectivity index (χ0n) is 10.0. The largest absolute Gasteiger partial charge is 0.452 e. The van der Waals surface area contributed by atoms with Crippen LogP contribution in [0.1, 0.15) is 33.1 Å². The maximum atomic E-state index is 11.3. The Bertz CT molecular complexity index is 334. The summed E-state index contributed by atoms with van der Waals surface area (Å²) in [6, 6.07) is 0. The number of hydrogen-bond acceptors (Lipinski definition) is 3. The second kappa shape index (κ2) is 4.73. The minimum atomic E-state index is -0.186. The number of carbonyl (C=O) groups is 1. The van der Waals surface area contributed by atoms with Crippen molar-refractivity contribution < 1.29 is 9.53 Å². The van der Waals surface area contributed by atoms with E-state index in [9.17, 15) is 4.79 Å². The summed E-state index contributed by atoms with van der Waals surface area (Å²) in [7, 11) is 0. The summed E-state index contributed by atoms with van der Waals surface area (Å²) < 4.78 is 5.32. The monoisotopic (exact) mass is 221 g/mol. The number of cyclic esters (lactones) is 1. The summed E-state index contributed by atoms with van der Waals surface area (Å²) in [4.78, 5) is 13.6. The van der Waals surface area contributed by atoms with Gasteiger partial charge >= 0.3 is 5.97 Å². The minimum absolute atomic E-state index is 0.0551. The Kier molecular flexibility index (Phi) is 3.32. The highest BCUT2D eigenvalue weighted by Gasteiger charge is 2.30. The van der Waals surface area contributed by atoms with Crippen molar-refractivity contribution in [1.82, 2.24) is 4.90 Å². The van der Waals surface area contributed by atoms with Crippen LogP contribution in [0.2, 0.25) is 0 Å². The Labute approximate surface area is 96.8 Å². The number of allylic oxidation sites excluding steroid dienone is 1. The van der Waals surface area contributed by atoms with Gasteiger partial charge in [-0.2, -0.15) is 0 Å². The first-order valence-electron chi connectivity index (χ1n) is 5.97. The molecule has 0 aromatic heterocycles. The molecule has 0 aliphatic carbocycles. The molecule has 2 rings (SSSR count). The van der Waals surface area contributed by atoms with Gasteiger partial charge in [-0.15, -0.1) is 0 Å². The van der Waals surface area contributed by atoms with Crippen molar-refractivity contribution in [2.24, 2.45) is 0 Å². The lowest BCUT2D eigenvalue weighted by atomic mass is 10.1. The van der Waals surface area contributed by atoms with E-state index in [0.717, 1.165) is 25.2 Å². The van der Waals surface area contributed by atoms with Gasteiger partial charge in [0.1, 0.15) is 6.10 Å². The van der Waals surface area contributed by atoms with Gasteiger partial charge in [0.2, 0.25) is 0 Å². The maximum Gasteiger partial charge on any atom is 0.333 e. The first-order valence-corrected chi connectivity index (χ1v) is 5.97. The van der Waals surface area contributed by atoms with Crippen LogP contribution in [0, 0.1) is 0 Å². The van der Waals surface area contributed by atoms with Crippen LogP contribution in [-0.4, -0.2) is 30.1 Å². The molecule has 16 heavy (non-hydrogen) atoms. The van der Waals surface area contributed by atoms with Crippen LogP contribution in [-0.2, 0) is 9.53 Å². The van der Waals surface area contributed by atoms with Gasteiger partial charge in [0, 0.05) is 25.6 Å². The highest BCUT2D eigenvalue weighted by molar-refractivity contribution is 5.85. The summed E-state index contributed by atoms with van der Waals surface area (Å²) >= 11 is 0. The van der Waals surface area contributed by atoms with E-state index >= 15 is 0 Å². The predicted molar refractivity (Wildman–Crippen MR) is 62.8 cm³/mol. The number of hydrogen-bond donors (Lipinski definition) is 0. The van der Waals surface area contributed by atoms with E-state index in [4.69, 9.17) is 4.74 Å². The second-order valence-corrected chi connectivity index (χ2v) is 4.71. The van der Waals surface area contributed by atoms with E-state index < -0.39 is 0 Å². The lowest BCUT2D eigenvalue weighted by molar-refractivity contribution is -0.138. The Morgan fingerprint density at radius 1 is 1.50 bits per heavy atom. The van der Waals surface area contributed by atoms with Crippen molar-refractivity contribution in [3.63, 3.8) is 0 Å². The molecule has 2 aliphatic heterocycles. The van der Waals surface area contributed by atoms with E-state index in [1.807, 2.05) is 0 Å². The fourth-order valence-electron chi connectivity index (χ4n) is 2.23. The summed E-state index contributed by atoms with van der Waals surface area (Å²) in [5.74, 6) is -0.186. The van der Waals surface area contributed by atoms with Crippen LogP contribution in [0.4, 0.5) is 0 Å². The van der Waals surface area contributed by atoms with Crippen LogP contribution in [0.15, 0.2) is 23.4 Å². The molecular weight excluding hydrogens is 202 g/mol. The molecule has 0 N–H and O–H groups in total. The zero-order chi connectivity index (χ0) is 11.5. The highest BCUT2D eigenvalue weighted by atomic mass is 16.5. The topological polar surface area (TPSA) is 29.5 Å². The molecule has 2 heterocycles. The number of ether oxygens (including phenoxy) is 1. The van der Waals surface area contributed by atoms with Crippen molar-refractivity contribution in [3.8, 4) is 0 Å². The normalized spacial score (nSPS) is 24.4. The van der Waals surface area contributed by atoms with E-state index in [1.165, 1.54) is 18.4 Å². The Balaban J connectivity index is 2.04.